The summed E-state index contributed by atoms with van der Waals surface area (Å²) in [6.07, 6.45) is 14.8. The number of Topliss-reactive ketones (excluding diaryl/α,β-unsaturated/α-hetero) is 1. The minimum absolute atomic E-state index is 0.0105. The molecule has 5 aliphatic heterocycles. The summed E-state index contributed by atoms with van der Waals surface area (Å²) in [5, 5.41) is 37.1. The first-order chi connectivity index (χ1) is 28.2. The Morgan fingerprint density at radius 2 is 1.93 bits per heavy atom. The van der Waals surface area contributed by atoms with Crippen molar-refractivity contribution in [3.63, 3.8) is 0 Å². The zero-order valence-corrected chi connectivity index (χ0v) is 33.0. The maximum atomic E-state index is 13.2. The van der Waals surface area contributed by atoms with Crippen LogP contribution < -0.4 is 25.4 Å². The van der Waals surface area contributed by atoms with Crippen molar-refractivity contribution < 1.29 is 34.5 Å². The van der Waals surface area contributed by atoms with Crippen molar-refractivity contribution in [3.8, 4) is 35.4 Å². The first-order valence-corrected chi connectivity index (χ1v) is 21.4. The number of nitrogens with one attached hydrogen (secondary N) is 2. The fraction of sp³-hybridized carbons (Fsp3) is 0.500. The SMILES string of the molecule is C[C@H]1C=C[C@H]([C@@H](O)CC(=O)CCc2ccc3c(c2)O[C@@H]2[C@H](C#C[C@H](O)c4ccc5c6c4[C@@H](CC[C@H]6CN[C@H]5N)C4=C5C[NH+]2C=C5N=C4)C2(C#CO3)CCCC2)[C@@H](O)C1. The smallest absolute Gasteiger partial charge is 0.252 e. The van der Waals surface area contributed by atoms with Crippen molar-refractivity contribution in [3.05, 3.63) is 93.3 Å². The number of fused-ring (bicyclic) bond motifs is 6. The summed E-state index contributed by atoms with van der Waals surface area (Å²) in [6.45, 7) is 3.53. The van der Waals surface area contributed by atoms with Crippen LogP contribution in [0.25, 0.3) is 0 Å². The average molecular weight is 782 g/mol. The minimum Gasteiger partial charge on any atom is -0.437 e. The van der Waals surface area contributed by atoms with Crippen LogP contribution in [0.3, 0.4) is 0 Å². The summed E-state index contributed by atoms with van der Waals surface area (Å²) in [6, 6.07) is 9.87. The van der Waals surface area contributed by atoms with Gasteiger partial charge in [-0.25, -0.2) is 0 Å². The first kappa shape index (κ1) is 37.7. The second-order valence-corrected chi connectivity index (χ2v) is 18.0. The largest absolute Gasteiger partial charge is 0.437 e. The van der Waals surface area contributed by atoms with E-state index in [9.17, 15) is 20.1 Å². The first-order valence-electron chi connectivity index (χ1n) is 21.4. The number of benzene rings is 2. The van der Waals surface area contributed by atoms with Crippen molar-refractivity contribution in [1.82, 2.24) is 5.32 Å². The van der Waals surface area contributed by atoms with E-state index in [2.05, 4.69) is 41.5 Å². The van der Waals surface area contributed by atoms with E-state index in [4.69, 9.17) is 20.2 Å². The Balaban J connectivity index is 1.00. The van der Waals surface area contributed by atoms with Gasteiger partial charge in [0.2, 0.25) is 0 Å². The zero-order valence-electron chi connectivity index (χ0n) is 33.0. The van der Waals surface area contributed by atoms with Gasteiger partial charge in [0.25, 0.3) is 6.23 Å². The third-order valence-corrected chi connectivity index (χ3v) is 14.4. The molecule has 300 valence electrons. The number of ether oxygens (including phenoxy) is 2. The van der Waals surface area contributed by atoms with Gasteiger partial charge in [0.05, 0.1) is 23.8 Å². The lowest BCUT2D eigenvalue weighted by Crippen LogP contribution is -3.12. The van der Waals surface area contributed by atoms with Crippen LogP contribution in [0.1, 0.15) is 117 Å². The van der Waals surface area contributed by atoms with Gasteiger partial charge in [0, 0.05) is 43.0 Å². The number of aliphatic hydroxyl groups excluding tert-OH is 3. The van der Waals surface area contributed by atoms with Gasteiger partial charge in [-0.1, -0.05) is 67.9 Å². The van der Waals surface area contributed by atoms with Gasteiger partial charge < -0.3 is 30.5 Å². The Hall–Kier alpha value is -4.52. The predicted molar refractivity (Wildman–Crippen MR) is 218 cm³/mol. The number of carbonyl (C=O) groups is 1. The summed E-state index contributed by atoms with van der Waals surface area (Å²) in [5.74, 6) is 11.4. The summed E-state index contributed by atoms with van der Waals surface area (Å²) < 4.78 is 13.4. The normalized spacial score (nSPS) is 33.8. The number of hydrogen-bond donors (Lipinski definition) is 6. The average Bonchev–Trinajstić information content (AvgIpc) is 3.96. The van der Waals surface area contributed by atoms with Crippen LogP contribution >= 0.6 is 0 Å². The fourth-order valence-electron chi connectivity index (χ4n) is 11.3. The Bertz CT molecular complexity index is 2280. The standard InChI is InChI=1S/C48H52N4O6/c1-27-4-9-32(40(55)20-27)41(56)22-30(53)8-5-28-6-15-42-43(21-28)58-47-37(48(18-19-57-42)16-2-3-17-48)13-14-39(54)33-11-12-34-44-29(23-51-46(34)49)7-10-31(45(33)44)35-24-50-38-26-52(47)25-36(35)38/h4,6,9,11-12,15,21,24,26-27,29,31-32,37,39-41,46-47,51,54-56H,2-3,5,7-8,10,16-17,20,22-23,25,49H2,1H3/p+1/t27-,29-,31-,32-,37-,39-,40-,41-,46+,47+/m0/s1. The molecule has 58 heavy (non-hydrogen) atoms. The lowest BCUT2D eigenvalue weighted by Gasteiger charge is -2.41. The van der Waals surface area contributed by atoms with Crippen molar-refractivity contribution in [2.75, 3.05) is 13.1 Å². The summed E-state index contributed by atoms with van der Waals surface area (Å²) >= 11 is 0. The van der Waals surface area contributed by atoms with Crippen LogP contribution in [0.4, 0.5) is 0 Å². The number of carbonyl (C=O) groups excluding carboxylic acids is 1. The van der Waals surface area contributed by atoms with Gasteiger partial charge >= 0.3 is 0 Å². The van der Waals surface area contributed by atoms with Gasteiger partial charge in [-0.15, -0.1) is 0 Å². The lowest BCUT2D eigenvalue weighted by molar-refractivity contribution is -0.891. The molecule has 1 spiro atoms. The molecule has 1 unspecified atom stereocenters. The van der Waals surface area contributed by atoms with E-state index in [1.54, 1.807) is 0 Å². The number of hydrogen-bond acceptors (Lipinski definition) is 9. The van der Waals surface area contributed by atoms with Crippen molar-refractivity contribution >= 4 is 12.0 Å². The Morgan fingerprint density at radius 1 is 1.09 bits per heavy atom. The molecule has 10 nitrogen and oxygen atoms in total. The molecule has 5 heterocycles. The Labute approximate surface area is 340 Å². The lowest BCUT2D eigenvalue weighted by atomic mass is 9.68. The molecule has 1 fully saturated rings. The maximum absolute atomic E-state index is 13.2. The molecule has 1 saturated carbocycles. The van der Waals surface area contributed by atoms with E-state index < -0.39 is 35.9 Å². The molecule has 8 aliphatic rings. The van der Waals surface area contributed by atoms with E-state index in [-0.39, 0.29) is 42.5 Å². The summed E-state index contributed by atoms with van der Waals surface area (Å²) in [4.78, 5) is 19.3. The molecule has 7 N–H and O–H groups in total. The highest BCUT2D eigenvalue weighted by atomic mass is 16.5. The second kappa shape index (κ2) is 14.9. The summed E-state index contributed by atoms with van der Waals surface area (Å²) in [5.41, 5.74) is 14.8. The van der Waals surface area contributed by atoms with Crippen LogP contribution in [0.5, 0.6) is 11.5 Å². The quantitative estimate of drug-likeness (QED) is 0.189. The molecule has 10 heteroatoms. The Morgan fingerprint density at radius 3 is 2.78 bits per heavy atom. The molecule has 0 saturated heterocycles. The number of nitrogens with zero attached hydrogens (tertiary/aromatic N) is 1. The number of aliphatic imine (C=N–C) groups is 1. The molecular formula is C48H53N4O6+. The minimum atomic E-state index is -1.02. The Kier molecular flexibility index (Phi) is 9.72. The highest BCUT2D eigenvalue weighted by Crippen LogP contribution is 2.51. The number of allylic oxidation sites excluding steroid dienone is 2. The van der Waals surface area contributed by atoms with Crippen molar-refractivity contribution in [2.45, 2.75) is 114 Å². The van der Waals surface area contributed by atoms with E-state index in [0.29, 0.717) is 36.8 Å². The van der Waals surface area contributed by atoms with E-state index >= 15 is 0 Å². The van der Waals surface area contributed by atoms with E-state index in [1.165, 1.54) is 22.3 Å². The molecule has 11 atom stereocenters. The van der Waals surface area contributed by atoms with Crippen LogP contribution in [0.2, 0.25) is 0 Å². The fourth-order valence-corrected chi connectivity index (χ4v) is 11.3. The monoisotopic (exact) mass is 781 g/mol. The second-order valence-electron chi connectivity index (χ2n) is 18.0. The number of aliphatic hydroxyl groups is 3. The number of quaternary nitrogens is 1. The number of aryl methyl sites for hydroxylation is 1. The van der Waals surface area contributed by atoms with Gasteiger partial charge in [0.1, 0.15) is 42.4 Å². The van der Waals surface area contributed by atoms with Gasteiger partial charge in [-0.3, -0.25) is 20.0 Å². The van der Waals surface area contributed by atoms with Crippen LogP contribution in [0.15, 0.2) is 70.5 Å². The molecule has 2 aromatic rings. The number of rotatable bonds is 6. The van der Waals surface area contributed by atoms with Crippen molar-refractivity contribution in [2.24, 2.45) is 33.9 Å². The molecular weight excluding hydrogens is 729 g/mol. The topological polar surface area (TPSA) is 151 Å². The number of ketones is 1. The molecule has 3 aliphatic carbocycles. The van der Waals surface area contributed by atoms with E-state index in [1.807, 2.05) is 49.6 Å². The van der Waals surface area contributed by atoms with Gasteiger partial charge in [-0.2, -0.15) is 0 Å². The molecule has 2 bridgehead atoms. The van der Waals surface area contributed by atoms with E-state index in [0.717, 1.165) is 72.4 Å². The summed E-state index contributed by atoms with van der Waals surface area (Å²) in [7, 11) is 0. The van der Waals surface area contributed by atoms with Gasteiger partial charge in [0.15, 0.2) is 11.5 Å². The molecule has 0 amide bonds. The van der Waals surface area contributed by atoms with Crippen LogP contribution in [-0.2, 0) is 11.2 Å². The van der Waals surface area contributed by atoms with Crippen LogP contribution in [0, 0.1) is 47.0 Å². The predicted octanol–water partition coefficient (Wildman–Crippen LogP) is 4.14. The third-order valence-electron chi connectivity index (χ3n) is 14.4. The zero-order chi connectivity index (χ0) is 39.7. The molecule has 2 aromatic carbocycles. The molecule has 10 rings (SSSR count). The molecule has 0 radical (unpaired) electrons. The highest BCUT2D eigenvalue weighted by Gasteiger charge is 2.52. The van der Waals surface area contributed by atoms with Gasteiger partial charge in [-0.05, 0) is 95.9 Å². The molecule has 0 aromatic heterocycles. The number of nitrogens with two attached hydrogens (primary N) is 1. The maximum Gasteiger partial charge on any atom is 0.252 e. The third kappa shape index (κ3) is 6.55. The van der Waals surface area contributed by atoms with Crippen LogP contribution in [-0.4, -0.2) is 58.8 Å². The van der Waals surface area contributed by atoms with Crippen molar-refractivity contribution in [1.29, 1.82) is 0 Å². The highest BCUT2D eigenvalue weighted by molar-refractivity contribution is 5.89.